The van der Waals surface area contributed by atoms with Gasteiger partial charge in [0.15, 0.2) is 0 Å². The maximum Gasteiger partial charge on any atom is 0.373 e. The van der Waals surface area contributed by atoms with Crippen LogP contribution in [0.5, 0.6) is 0 Å². The highest BCUT2D eigenvalue weighted by molar-refractivity contribution is 6.13. The molecule has 168 valence electrons. The van der Waals surface area contributed by atoms with Gasteiger partial charge >= 0.3 is 12.0 Å². The van der Waals surface area contributed by atoms with Gasteiger partial charge in [-0.05, 0) is 31.2 Å². The van der Waals surface area contributed by atoms with E-state index in [1.54, 1.807) is 31.2 Å². The van der Waals surface area contributed by atoms with Crippen LogP contribution in [0.3, 0.4) is 0 Å². The number of carbonyl (C=O) groups is 3. The van der Waals surface area contributed by atoms with Gasteiger partial charge in [-0.2, -0.15) is 0 Å². The number of carbonyl (C=O) groups excluding carboxylic acids is 3. The fourth-order valence-corrected chi connectivity index (χ4v) is 3.23. The largest absolute Gasteiger partial charge is 0.463 e. The van der Waals surface area contributed by atoms with Gasteiger partial charge in [0.1, 0.15) is 23.0 Å². The highest BCUT2D eigenvalue weighted by Crippen LogP contribution is 2.29. The van der Waals surface area contributed by atoms with Crippen molar-refractivity contribution < 1.29 is 32.9 Å². The molecule has 2 aromatic heterocycles. The molecule has 1 aromatic carbocycles. The molecule has 11 nitrogen and oxygen atoms in total. The van der Waals surface area contributed by atoms with E-state index in [0.29, 0.717) is 16.9 Å². The fourth-order valence-electron chi connectivity index (χ4n) is 3.23. The summed E-state index contributed by atoms with van der Waals surface area (Å²) in [6, 6.07) is 10.1. The van der Waals surface area contributed by atoms with E-state index in [1.165, 1.54) is 31.4 Å². The number of nitro groups is 1. The number of hydrogen-bond donors (Lipinski definition) is 1. The molecule has 1 aliphatic heterocycles. The highest BCUT2D eigenvalue weighted by atomic mass is 16.6. The van der Waals surface area contributed by atoms with Crippen LogP contribution in [0, 0.1) is 17.0 Å². The van der Waals surface area contributed by atoms with Crippen molar-refractivity contribution in [2.24, 2.45) is 0 Å². The first-order valence-electron chi connectivity index (χ1n) is 9.63. The summed E-state index contributed by atoms with van der Waals surface area (Å²) in [5.41, 5.74) is 0.966. The number of nitro benzene ring substituents is 1. The number of amides is 3. The summed E-state index contributed by atoms with van der Waals surface area (Å²) in [5, 5.41) is 13.6. The van der Waals surface area contributed by atoms with Crippen molar-refractivity contribution in [1.29, 1.82) is 0 Å². The number of urea groups is 1. The zero-order valence-electron chi connectivity index (χ0n) is 17.5. The topological polar surface area (TPSA) is 145 Å². The molecule has 1 saturated heterocycles. The number of methoxy groups -OCH3 is 1. The van der Waals surface area contributed by atoms with Crippen molar-refractivity contribution in [2.45, 2.75) is 13.5 Å². The average molecular weight is 451 g/mol. The molecule has 3 amide bonds. The molecule has 0 unspecified atom stereocenters. The maximum absolute atomic E-state index is 12.7. The van der Waals surface area contributed by atoms with Crippen molar-refractivity contribution in [3.05, 3.63) is 81.1 Å². The molecule has 11 heteroatoms. The van der Waals surface area contributed by atoms with Gasteiger partial charge in [-0.3, -0.25) is 19.8 Å². The second-order valence-corrected chi connectivity index (χ2v) is 7.10. The van der Waals surface area contributed by atoms with Crippen molar-refractivity contribution in [3.63, 3.8) is 0 Å². The summed E-state index contributed by atoms with van der Waals surface area (Å²) in [5.74, 6) is -0.475. The van der Waals surface area contributed by atoms with Crippen LogP contribution in [0.4, 0.5) is 10.5 Å². The first kappa shape index (κ1) is 21.6. The summed E-state index contributed by atoms with van der Waals surface area (Å²) in [4.78, 5) is 48.1. The van der Waals surface area contributed by atoms with Gasteiger partial charge in [-0.25, -0.2) is 9.59 Å². The number of imide groups is 1. The number of hydrogen-bond acceptors (Lipinski definition) is 8. The maximum atomic E-state index is 12.7. The van der Waals surface area contributed by atoms with Crippen LogP contribution < -0.4 is 5.32 Å². The predicted molar refractivity (Wildman–Crippen MR) is 113 cm³/mol. The van der Waals surface area contributed by atoms with E-state index < -0.39 is 22.8 Å². The number of aryl methyl sites for hydroxylation is 1. The number of furan rings is 2. The lowest BCUT2D eigenvalue weighted by Crippen LogP contribution is -2.30. The first-order valence-corrected chi connectivity index (χ1v) is 9.63. The Morgan fingerprint density at radius 1 is 1.18 bits per heavy atom. The summed E-state index contributed by atoms with van der Waals surface area (Å²) in [6.07, 6.45) is 1.36. The molecular formula is C22H17N3O8. The van der Waals surface area contributed by atoms with Gasteiger partial charge in [-0.1, -0.05) is 12.1 Å². The van der Waals surface area contributed by atoms with Gasteiger partial charge in [-0.15, -0.1) is 0 Å². The van der Waals surface area contributed by atoms with E-state index in [-0.39, 0.29) is 35.2 Å². The Kier molecular flexibility index (Phi) is 5.53. The second kappa shape index (κ2) is 8.46. The fraction of sp³-hybridized carbons (Fsp3) is 0.136. The molecule has 1 aliphatic rings. The molecule has 0 bridgehead atoms. The lowest BCUT2D eigenvalue weighted by molar-refractivity contribution is -0.385. The Morgan fingerprint density at radius 3 is 2.70 bits per heavy atom. The first-order chi connectivity index (χ1) is 15.8. The third kappa shape index (κ3) is 4.24. The quantitative estimate of drug-likeness (QED) is 0.197. The molecule has 33 heavy (non-hydrogen) atoms. The summed E-state index contributed by atoms with van der Waals surface area (Å²) < 4.78 is 15.6. The molecule has 1 N–H and O–H groups in total. The molecule has 3 heterocycles. The molecule has 0 atom stereocenters. The molecule has 0 aliphatic carbocycles. The third-order valence-electron chi connectivity index (χ3n) is 4.93. The Balaban J connectivity index is 1.52. The molecule has 0 radical (unpaired) electrons. The number of nitrogens with zero attached hydrogens (tertiary/aromatic N) is 2. The van der Waals surface area contributed by atoms with E-state index in [1.807, 2.05) is 0 Å². The van der Waals surface area contributed by atoms with Crippen LogP contribution >= 0.6 is 0 Å². The lowest BCUT2D eigenvalue weighted by atomic mass is 10.1. The van der Waals surface area contributed by atoms with Crippen LogP contribution in [0.15, 0.2) is 57.0 Å². The minimum atomic E-state index is -0.674. The average Bonchev–Trinajstić information content (AvgIpc) is 3.51. The molecule has 4 rings (SSSR count). The highest BCUT2D eigenvalue weighted by Gasteiger charge is 2.34. The summed E-state index contributed by atoms with van der Waals surface area (Å²) >= 11 is 0. The number of nitrogens with one attached hydrogen (secondary N) is 1. The Labute approximate surface area is 186 Å². The van der Waals surface area contributed by atoms with Crippen molar-refractivity contribution in [2.75, 3.05) is 7.11 Å². The Hall–Kier alpha value is -4.67. The van der Waals surface area contributed by atoms with Crippen LogP contribution in [0.2, 0.25) is 0 Å². The zero-order valence-corrected chi connectivity index (χ0v) is 17.5. The van der Waals surface area contributed by atoms with Crippen LogP contribution in [-0.2, 0) is 16.1 Å². The number of rotatable bonds is 6. The molecule has 0 spiro atoms. The lowest BCUT2D eigenvalue weighted by Gasteiger charge is -2.09. The minimum absolute atomic E-state index is 0.0180. The van der Waals surface area contributed by atoms with E-state index in [9.17, 15) is 24.5 Å². The summed E-state index contributed by atoms with van der Waals surface area (Å²) in [6.45, 7) is 1.45. The van der Waals surface area contributed by atoms with E-state index in [0.717, 1.165) is 4.90 Å². The van der Waals surface area contributed by atoms with Crippen LogP contribution in [0.25, 0.3) is 17.4 Å². The normalized spacial score (nSPS) is 14.6. The van der Waals surface area contributed by atoms with Crippen molar-refractivity contribution in [1.82, 2.24) is 10.2 Å². The molecule has 1 fully saturated rings. The number of benzene rings is 1. The van der Waals surface area contributed by atoms with E-state index in [4.69, 9.17) is 8.83 Å². The standard InChI is InChI=1S/C22H17N3O8/c1-12-3-4-13(9-17(12)25(29)30)18-7-5-14(32-18)10-16-20(26)24(22(28)23-16)11-15-6-8-19(33-15)21(27)31-2/h3-10H,11H2,1-2H3,(H,23,28)/b16-10-. The predicted octanol–water partition coefficient (Wildman–Crippen LogP) is 3.64. The van der Waals surface area contributed by atoms with Gasteiger partial charge < -0.3 is 18.9 Å². The van der Waals surface area contributed by atoms with Crippen molar-refractivity contribution >= 4 is 29.7 Å². The van der Waals surface area contributed by atoms with Crippen molar-refractivity contribution in [3.8, 4) is 11.3 Å². The SMILES string of the molecule is COC(=O)c1ccc(CN2C(=O)N/C(=C\c3ccc(-c4ccc(C)c([N+](=O)[O-])c4)o3)C2=O)o1. The van der Waals surface area contributed by atoms with Crippen LogP contribution in [0.1, 0.15) is 27.6 Å². The van der Waals surface area contributed by atoms with Gasteiger partial charge in [0.05, 0.1) is 18.6 Å². The van der Waals surface area contributed by atoms with Crippen LogP contribution in [-0.4, -0.2) is 34.8 Å². The zero-order chi connectivity index (χ0) is 23.7. The van der Waals surface area contributed by atoms with E-state index in [2.05, 4.69) is 10.1 Å². The monoisotopic (exact) mass is 451 g/mol. The van der Waals surface area contributed by atoms with Gasteiger partial charge in [0, 0.05) is 23.3 Å². The van der Waals surface area contributed by atoms with Gasteiger partial charge in [0.25, 0.3) is 11.6 Å². The van der Waals surface area contributed by atoms with E-state index >= 15 is 0 Å². The Morgan fingerprint density at radius 2 is 1.97 bits per heavy atom. The smallest absolute Gasteiger partial charge is 0.373 e. The Bertz CT molecular complexity index is 1320. The molecular weight excluding hydrogens is 434 g/mol. The molecule has 3 aromatic rings. The molecule has 0 saturated carbocycles. The summed E-state index contributed by atoms with van der Waals surface area (Å²) in [7, 11) is 1.21. The number of esters is 1. The van der Waals surface area contributed by atoms with Gasteiger partial charge in [0.2, 0.25) is 5.76 Å². The minimum Gasteiger partial charge on any atom is -0.463 e. The third-order valence-corrected chi connectivity index (χ3v) is 4.93. The second-order valence-electron chi connectivity index (χ2n) is 7.10. The number of ether oxygens (including phenoxy) is 1.